The number of benzene rings is 2. The second kappa shape index (κ2) is 9.11. The van der Waals surface area contributed by atoms with E-state index in [1.807, 2.05) is 12.1 Å². The number of carbonyl (C=O) groups excluding carboxylic acids is 2. The minimum absolute atomic E-state index is 0.130. The highest BCUT2D eigenvalue weighted by Crippen LogP contribution is 2.24. The first-order valence-electron chi connectivity index (χ1n) is 8.62. The molecule has 29 heavy (non-hydrogen) atoms. The third kappa shape index (κ3) is 5.05. The molecular formula is C19H20N6O3S. The maximum absolute atomic E-state index is 12.4. The van der Waals surface area contributed by atoms with Crippen molar-refractivity contribution in [2.75, 3.05) is 29.3 Å². The Labute approximate surface area is 171 Å². The third-order valence-corrected chi connectivity index (χ3v) is 4.90. The smallest absolute Gasteiger partial charge is 0.255 e. The summed E-state index contributed by atoms with van der Waals surface area (Å²) < 4.78 is 6.55. The highest BCUT2D eigenvalue weighted by Gasteiger charge is 2.12. The van der Waals surface area contributed by atoms with Gasteiger partial charge in [0.25, 0.3) is 5.91 Å². The monoisotopic (exact) mass is 412 g/mol. The lowest BCUT2D eigenvalue weighted by atomic mass is 10.2. The van der Waals surface area contributed by atoms with Crippen molar-refractivity contribution in [1.82, 2.24) is 14.9 Å². The molecule has 0 unspecified atom stereocenters. The molecule has 0 saturated carbocycles. The minimum Gasteiger partial charge on any atom is -0.495 e. The standard InChI is InChI=1S/C19H20N6O3S/c1-12-23-24-19(25(12)20)29-11-17(26)21-14-9-7-13(8-10-14)18(27)22-15-5-3-4-6-16(15)28-2/h3-10H,11,20H2,1-2H3,(H,21,26)(H,22,27). The van der Waals surface area contributed by atoms with Crippen LogP contribution in [0.5, 0.6) is 5.75 Å². The summed E-state index contributed by atoms with van der Waals surface area (Å²) in [6.45, 7) is 1.72. The number of hydrogen-bond donors (Lipinski definition) is 3. The van der Waals surface area contributed by atoms with E-state index in [1.165, 1.54) is 16.4 Å². The largest absolute Gasteiger partial charge is 0.495 e. The van der Waals surface area contributed by atoms with Crippen LogP contribution >= 0.6 is 11.8 Å². The number of ether oxygens (including phenoxy) is 1. The molecule has 0 saturated heterocycles. The molecule has 0 aliphatic rings. The maximum Gasteiger partial charge on any atom is 0.255 e. The Kier molecular flexibility index (Phi) is 6.35. The van der Waals surface area contributed by atoms with E-state index in [4.69, 9.17) is 10.6 Å². The summed E-state index contributed by atoms with van der Waals surface area (Å²) in [7, 11) is 1.54. The van der Waals surface area contributed by atoms with Gasteiger partial charge >= 0.3 is 0 Å². The fourth-order valence-electron chi connectivity index (χ4n) is 2.42. The van der Waals surface area contributed by atoms with Crippen molar-refractivity contribution in [3.05, 3.63) is 59.9 Å². The molecule has 0 aliphatic carbocycles. The fraction of sp³-hybridized carbons (Fsp3) is 0.158. The molecule has 4 N–H and O–H groups in total. The zero-order valence-electron chi connectivity index (χ0n) is 15.9. The normalized spacial score (nSPS) is 10.4. The molecule has 0 spiro atoms. The van der Waals surface area contributed by atoms with Crippen LogP contribution in [0, 0.1) is 6.92 Å². The molecule has 2 aromatic carbocycles. The number of rotatable bonds is 7. The van der Waals surface area contributed by atoms with Gasteiger partial charge in [0.15, 0.2) is 0 Å². The highest BCUT2D eigenvalue weighted by molar-refractivity contribution is 7.99. The molecule has 3 aromatic rings. The molecule has 0 atom stereocenters. The van der Waals surface area contributed by atoms with Gasteiger partial charge < -0.3 is 21.2 Å². The van der Waals surface area contributed by atoms with Crippen LogP contribution in [0.3, 0.4) is 0 Å². The number of nitrogens with one attached hydrogen (secondary N) is 2. The van der Waals surface area contributed by atoms with Gasteiger partial charge in [-0.15, -0.1) is 10.2 Å². The molecule has 0 radical (unpaired) electrons. The van der Waals surface area contributed by atoms with Crippen molar-refractivity contribution in [3.63, 3.8) is 0 Å². The molecule has 2 amide bonds. The Balaban J connectivity index is 1.56. The molecule has 9 nitrogen and oxygen atoms in total. The molecule has 10 heteroatoms. The van der Waals surface area contributed by atoms with Gasteiger partial charge in [0, 0.05) is 11.3 Å². The Morgan fingerprint density at radius 2 is 1.83 bits per heavy atom. The number of methoxy groups -OCH3 is 1. The average molecular weight is 412 g/mol. The SMILES string of the molecule is COc1ccccc1NC(=O)c1ccc(NC(=O)CSc2nnc(C)n2N)cc1. The van der Waals surface area contributed by atoms with Crippen molar-refractivity contribution in [1.29, 1.82) is 0 Å². The van der Waals surface area contributed by atoms with Gasteiger partial charge in [-0.1, -0.05) is 23.9 Å². The van der Waals surface area contributed by atoms with Gasteiger partial charge in [0.1, 0.15) is 11.6 Å². The van der Waals surface area contributed by atoms with Gasteiger partial charge in [0.05, 0.1) is 18.6 Å². The average Bonchev–Trinajstić information content (AvgIpc) is 3.05. The minimum atomic E-state index is -0.277. The first-order valence-corrected chi connectivity index (χ1v) is 9.60. The molecule has 1 heterocycles. The Bertz CT molecular complexity index is 1020. The van der Waals surface area contributed by atoms with Gasteiger partial charge in [-0.3, -0.25) is 9.59 Å². The predicted octanol–water partition coefficient (Wildman–Crippen LogP) is 2.29. The van der Waals surface area contributed by atoms with Crippen LogP contribution in [0.4, 0.5) is 11.4 Å². The summed E-state index contributed by atoms with van der Waals surface area (Å²) in [6, 6.07) is 13.7. The highest BCUT2D eigenvalue weighted by atomic mass is 32.2. The van der Waals surface area contributed by atoms with E-state index in [-0.39, 0.29) is 17.6 Å². The van der Waals surface area contributed by atoms with E-state index in [0.29, 0.717) is 33.7 Å². The first-order chi connectivity index (χ1) is 14.0. The van der Waals surface area contributed by atoms with E-state index in [2.05, 4.69) is 20.8 Å². The molecule has 3 rings (SSSR count). The van der Waals surface area contributed by atoms with E-state index < -0.39 is 0 Å². The Morgan fingerprint density at radius 3 is 2.48 bits per heavy atom. The summed E-state index contributed by atoms with van der Waals surface area (Å²) in [6.07, 6.45) is 0. The van der Waals surface area contributed by atoms with E-state index in [1.54, 1.807) is 50.4 Å². The number of para-hydroxylation sites is 2. The lowest BCUT2D eigenvalue weighted by Gasteiger charge is -2.10. The van der Waals surface area contributed by atoms with E-state index >= 15 is 0 Å². The molecule has 1 aromatic heterocycles. The Morgan fingerprint density at radius 1 is 1.10 bits per heavy atom. The summed E-state index contributed by atoms with van der Waals surface area (Å²) in [5.41, 5.74) is 1.61. The van der Waals surface area contributed by atoms with Crippen LogP contribution in [0.1, 0.15) is 16.2 Å². The maximum atomic E-state index is 12.4. The molecular weight excluding hydrogens is 392 g/mol. The number of hydrogen-bond acceptors (Lipinski definition) is 7. The van der Waals surface area contributed by atoms with Gasteiger partial charge in [-0.05, 0) is 43.3 Å². The number of aromatic nitrogens is 3. The van der Waals surface area contributed by atoms with Crippen LogP contribution in [0.15, 0.2) is 53.7 Å². The van der Waals surface area contributed by atoms with Crippen LogP contribution in [0.25, 0.3) is 0 Å². The van der Waals surface area contributed by atoms with Crippen molar-refractivity contribution in [3.8, 4) is 5.75 Å². The predicted molar refractivity (Wildman–Crippen MR) is 112 cm³/mol. The second-order valence-corrected chi connectivity index (χ2v) is 6.91. The van der Waals surface area contributed by atoms with E-state index in [9.17, 15) is 9.59 Å². The van der Waals surface area contributed by atoms with E-state index in [0.717, 1.165) is 0 Å². The second-order valence-electron chi connectivity index (χ2n) is 5.97. The number of aryl methyl sites for hydroxylation is 1. The van der Waals surface area contributed by atoms with Crippen molar-refractivity contribution >= 4 is 35.0 Å². The Hall–Kier alpha value is -3.53. The fourth-order valence-corrected chi connectivity index (χ4v) is 3.12. The third-order valence-electron chi connectivity index (χ3n) is 3.95. The van der Waals surface area contributed by atoms with Gasteiger partial charge in [-0.2, -0.15) is 0 Å². The topological polar surface area (TPSA) is 124 Å². The van der Waals surface area contributed by atoms with Gasteiger partial charge in [-0.25, -0.2) is 4.68 Å². The summed E-state index contributed by atoms with van der Waals surface area (Å²) >= 11 is 1.18. The van der Waals surface area contributed by atoms with Gasteiger partial charge in [0.2, 0.25) is 11.1 Å². The lowest BCUT2D eigenvalue weighted by molar-refractivity contribution is -0.113. The summed E-state index contributed by atoms with van der Waals surface area (Å²) in [5.74, 6) is 6.53. The summed E-state index contributed by atoms with van der Waals surface area (Å²) in [4.78, 5) is 24.5. The zero-order chi connectivity index (χ0) is 20.8. The number of amides is 2. The number of carbonyl (C=O) groups is 2. The van der Waals surface area contributed by atoms with Crippen molar-refractivity contribution in [2.24, 2.45) is 0 Å². The van der Waals surface area contributed by atoms with Crippen LogP contribution < -0.4 is 21.2 Å². The molecule has 0 bridgehead atoms. The zero-order valence-corrected chi connectivity index (χ0v) is 16.7. The number of nitrogens with two attached hydrogens (primary N) is 1. The number of anilines is 2. The molecule has 0 fully saturated rings. The van der Waals surface area contributed by atoms with Crippen LogP contribution in [0.2, 0.25) is 0 Å². The lowest BCUT2D eigenvalue weighted by Crippen LogP contribution is -2.17. The first kappa shape index (κ1) is 20.2. The van der Waals surface area contributed by atoms with Crippen LogP contribution in [-0.2, 0) is 4.79 Å². The quantitative estimate of drug-likeness (QED) is 0.402. The number of nitrogen functional groups attached to an aromatic ring is 1. The molecule has 0 aliphatic heterocycles. The van der Waals surface area contributed by atoms with Crippen molar-refractivity contribution < 1.29 is 14.3 Å². The number of nitrogens with zero attached hydrogens (tertiary/aromatic N) is 3. The number of thioether (sulfide) groups is 1. The molecule has 150 valence electrons. The van der Waals surface area contributed by atoms with Crippen LogP contribution in [-0.4, -0.2) is 39.6 Å². The van der Waals surface area contributed by atoms with Crippen molar-refractivity contribution in [2.45, 2.75) is 12.1 Å². The summed E-state index contributed by atoms with van der Waals surface area (Å²) in [5, 5.41) is 13.7.